The molecule has 3 atom stereocenters. The molecule has 19 heavy (non-hydrogen) atoms. The van der Waals surface area contributed by atoms with Gasteiger partial charge in [-0.1, -0.05) is 20.8 Å². The third-order valence-electron chi connectivity index (χ3n) is 4.03. The van der Waals surface area contributed by atoms with Gasteiger partial charge in [-0.05, 0) is 57.0 Å². The van der Waals surface area contributed by atoms with E-state index in [0.29, 0.717) is 5.92 Å². The van der Waals surface area contributed by atoms with E-state index < -0.39 is 10.0 Å². The van der Waals surface area contributed by atoms with Gasteiger partial charge in [0.1, 0.15) is 0 Å². The second-order valence-electron chi connectivity index (χ2n) is 6.00. The van der Waals surface area contributed by atoms with Gasteiger partial charge in [0.25, 0.3) is 0 Å². The summed E-state index contributed by atoms with van der Waals surface area (Å²) < 4.78 is 27.0. The van der Waals surface area contributed by atoms with Crippen LogP contribution in [0.3, 0.4) is 0 Å². The zero-order chi connectivity index (χ0) is 14.3. The Hall–Kier alpha value is -0.130. The van der Waals surface area contributed by atoms with E-state index in [-0.39, 0.29) is 11.8 Å². The second-order valence-corrected chi connectivity index (χ2v) is 7.87. The highest BCUT2D eigenvalue weighted by Gasteiger charge is 2.28. The Bertz CT molecular complexity index is 343. The number of hydrogen-bond donors (Lipinski definition) is 2. The molecule has 0 saturated heterocycles. The standard InChI is InChI=1S/C14H30N2O2S/c1-4-15-9-5-6-10-19(17,18)16-14-8-7-12(2)11-13(14)3/h12-16H,4-11H2,1-3H3. The van der Waals surface area contributed by atoms with Crippen LogP contribution in [0.2, 0.25) is 0 Å². The molecule has 1 saturated carbocycles. The molecule has 1 rings (SSSR count). The minimum atomic E-state index is -3.10. The van der Waals surface area contributed by atoms with Crippen LogP contribution < -0.4 is 10.0 Å². The summed E-state index contributed by atoms with van der Waals surface area (Å²) in [5.41, 5.74) is 0. The Morgan fingerprint density at radius 3 is 2.53 bits per heavy atom. The Kier molecular flexibility index (Phi) is 7.32. The first-order chi connectivity index (χ1) is 8.94. The number of nitrogens with one attached hydrogen (secondary N) is 2. The van der Waals surface area contributed by atoms with Crippen molar-refractivity contribution >= 4 is 10.0 Å². The maximum Gasteiger partial charge on any atom is 0.211 e. The molecule has 0 aliphatic heterocycles. The third kappa shape index (κ3) is 6.72. The molecule has 1 aliphatic rings. The first-order valence-electron chi connectivity index (χ1n) is 7.65. The Labute approximate surface area is 118 Å². The lowest BCUT2D eigenvalue weighted by Gasteiger charge is -2.32. The topological polar surface area (TPSA) is 58.2 Å². The van der Waals surface area contributed by atoms with Crippen LogP contribution in [0, 0.1) is 11.8 Å². The van der Waals surface area contributed by atoms with Crippen molar-refractivity contribution in [2.75, 3.05) is 18.8 Å². The molecular formula is C14H30N2O2S. The second kappa shape index (κ2) is 8.22. The van der Waals surface area contributed by atoms with Crippen molar-refractivity contribution in [1.29, 1.82) is 0 Å². The number of rotatable bonds is 8. The monoisotopic (exact) mass is 290 g/mol. The van der Waals surface area contributed by atoms with Crippen LogP contribution in [-0.2, 0) is 10.0 Å². The fraction of sp³-hybridized carbons (Fsp3) is 1.00. The number of unbranched alkanes of at least 4 members (excludes halogenated alkanes) is 1. The maximum absolute atomic E-state index is 12.0. The van der Waals surface area contributed by atoms with Gasteiger partial charge in [-0.3, -0.25) is 0 Å². The fourth-order valence-electron chi connectivity index (χ4n) is 2.85. The van der Waals surface area contributed by atoms with Gasteiger partial charge in [0.05, 0.1) is 5.75 Å². The van der Waals surface area contributed by atoms with Crippen molar-refractivity contribution < 1.29 is 8.42 Å². The van der Waals surface area contributed by atoms with Crippen LogP contribution in [0.25, 0.3) is 0 Å². The van der Waals surface area contributed by atoms with Gasteiger partial charge in [0.15, 0.2) is 0 Å². The van der Waals surface area contributed by atoms with E-state index in [1.807, 2.05) is 0 Å². The molecule has 0 aromatic rings. The molecule has 5 heteroatoms. The zero-order valence-electron chi connectivity index (χ0n) is 12.6. The molecule has 4 nitrogen and oxygen atoms in total. The van der Waals surface area contributed by atoms with Crippen molar-refractivity contribution in [3.05, 3.63) is 0 Å². The summed E-state index contributed by atoms with van der Waals surface area (Å²) in [6, 6.07) is 0.148. The predicted molar refractivity (Wildman–Crippen MR) is 80.7 cm³/mol. The zero-order valence-corrected chi connectivity index (χ0v) is 13.4. The molecule has 114 valence electrons. The minimum absolute atomic E-state index is 0.148. The molecule has 0 spiro atoms. The molecule has 0 radical (unpaired) electrons. The highest BCUT2D eigenvalue weighted by Crippen LogP contribution is 2.28. The molecule has 0 aromatic carbocycles. The average Bonchev–Trinajstić information content (AvgIpc) is 2.32. The van der Waals surface area contributed by atoms with E-state index in [9.17, 15) is 8.42 Å². The normalized spacial score (nSPS) is 28.5. The van der Waals surface area contributed by atoms with E-state index in [0.717, 1.165) is 51.1 Å². The largest absolute Gasteiger partial charge is 0.317 e. The summed E-state index contributed by atoms with van der Waals surface area (Å²) in [7, 11) is -3.10. The lowest BCUT2D eigenvalue weighted by atomic mass is 9.80. The fourth-order valence-corrected chi connectivity index (χ4v) is 4.36. The molecule has 1 fully saturated rings. The van der Waals surface area contributed by atoms with Gasteiger partial charge in [0, 0.05) is 6.04 Å². The number of hydrogen-bond acceptors (Lipinski definition) is 3. The van der Waals surface area contributed by atoms with Crippen molar-refractivity contribution in [3.8, 4) is 0 Å². The Balaban J connectivity index is 2.29. The van der Waals surface area contributed by atoms with Crippen LogP contribution in [0.1, 0.15) is 52.9 Å². The summed E-state index contributed by atoms with van der Waals surface area (Å²) >= 11 is 0. The Morgan fingerprint density at radius 1 is 1.16 bits per heavy atom. The summed E-state index contributed by atoms with van der Waals surface area (Å²) in [4.78, 5) is 0. The molecule has 0 heterocycles. The molecular weight excluding hydrogens is 260 g/mol. The molecule has 2 N–H and O–H groups in total. The van der Waals surface area contributed by atoms with Crippen LogP contribution in [-0.4, -0.2) is 33.3 Å². The van der Waals surface area contributed by atoms with Gasteiger partial charge < -0.3 is 5.32 Å². The summed E-state index contributed by atoms with van der Waals surface area (Å²) in [5.74, 6) is 1.45. The van der Waals surface area contributed by atoms with Crippen molar-refractivity contribution in [3.63, 3.8) is 0 Å². The lowest BCUT2D eigenvalue weighted by Crippen LogP contribution is -2.43. The van der Waals surface area contributed by atoms with Crippen LogP contribution in [0.5, 0.6) is 0 Å². The summed E-state index contributed by atoms with van der Waals surface area (Å²) in [5, 5.41) is 3.21. The summed E-state index contributed by atoms with van der Waals surface area (Å²) in [6.07, 6.45) is 4.91. The van der Waals surface area contributed by atoms with Crippen LogP contribution in [0.4, 0.5) is 0 Å². The average molecular weight is 290 g/mol. The maximum atomic E-state index is 12.0. The quantitative estimate of drug-likeness (QED) is 0.673. The third-order valence-corrected chi connectivity index (χ3v) is 5.52. The van der Waals surface area contributed by atoms with E-state index in [1.165, 1.54) is 0 Å². The molecule has 0 bridgehead atoms. The van der Waals surface area contributed by atoms with Crippen LogP contribution >= 0.6 is 0 Å². The van der Waals surface area contributed by atoms with Gasteiger partial charge in [-0.15, -0.1) is 0 Å². The molecule has 3 unspecified atom stereocenters. The van der Waals surface area contributed by atoms with Gasteiger partial charge >= 0.3 is 0 Å². The highest BCUT2D eigenvalue weighted by molar-refractivity contribution is 7.89. The smallest absolute Gasteiger partial charge is 0.211 e. The van der Waals surface area contributed by atoms with E-state index >= 15 is 0 Å². The van der Waals surface area contributed by atoms with Crippen molar-refractivity contribution in [1.82, 2.24) is 10.0 Å². The molecule has 1 aliphatic carbocycles. The minimum Gasteiger partial charge on any atom is -0.317 e. The van der Waals surface area contributed by atoms with Crippen molar-refractivity contribution in [2.24, 2.45) is 11.8 Å². The van der Waals surface area contributed by atoms with Gasteiger partial charge in [-0.25, -0.2) is 13.1 Å². The number of sulfonamides is 1. The van der Waals surface area contributed by atoms with Crippen molar-refractivity contribution in [2.45, 2.75) is 58.9 Å². The first kappa shape index (κ1) is 16.9. The van der Waals surface area contributed by atoms with Gasteiger partial charge in [0.2, 0.25) is 10.0 Å². The predicted octanol–water partition coefficient (Wildman–Crippen LogP) is 2.12. The first-order valence-corrected chi connectivity index (χ1v) is 9.30. The van der Waals surface area contributed by atoms with Crippen LogP contribution in [0.15, 0.2) is 0 Å². The highest BCUT2D eigenvalue weighted by atomic mass is 32.2. The Morgan fingerprint density at radius 2 is 1.89 bits per heavy atom. The lowest BCUT2D eigenvalue weighted by molar-refractivity contribution is 0.249. The summed E-state index contributed by atoms with van der Waals surface area (Å²) in [6.45, 7) is 8.33. The SMILES string of the molecule is CCNCCCCS(=O)(=O)NC1CCC(C)CC1C. The van der Waals surface area contributed by atoms with E-state index in [4.69, 9.17) is 0 Å². The molecule has 0 amide bonds. The van der Waals surface area contributed by atoms with Gasteiger partial charge in [-0.2, -0.15) is 0 Å². The van der Waals surface area contributed by atoms with E-state index in [1.54, 1.807) is 0 Å². The van der Waals surface area contributed by atoms with E-state index in [2.05, 4.69) is 30.8 Å². The molecule has 0 aromatic heterocycles.